The summed E-state index contributed by atoms with van der Waals surface area (Å²) in [5.41, 5.74) is 2.79. The lowest BCUT2D eigenvalue weighted by molar-refractivity contribution is 0.399. The number of aliphatic hydroxyl groups excluding tert-OH is 1. The number of aromatic nitrogens is 2. The van der Waals surface area contributed by atoms with Crippen molar-refractivity contribution in [3.63, 3.8) is 0 Å². The molecule has 0 spiro atoms. The predicted octanol–water partition coefficient (Wildman–Crippen LogP) is 4.67. The first-order valence-electron chi connectivity index (χ1n) is 8.15. The number of aliphatic hydroxyl groups is 1. The molecule has 0 atom stereocenters. The summed E-state index contributed by atoms with van der Waals surface area (Å²) in [4.78, 5) is 12.2. The second-order valence-corrected chi connectivity index (χ2v) is 6.27. The summed E-state index contributed by atoms with van der Waals surface area (Å²) in [6, 6.07) is 19.3. The van der Waals surface area contributed by atoms with Crippen LogP contribution in [-0.2, 0) is 0 Å². The average Bonchev–Trinajstić information content (AvgIpc) is 3.34. The van der Waals surface area contributed by atoms with E-state index in [1.54, 1.807) is 13.3 Å². The number of nitrogens with one attached hydrogen (secondary N) is 1. The molecule has 0 unspecified atom stereocenters. The van der Waals surface area contributed by atoms with Crippen LogP contribution in [0.2, 0.25) is 0 Å². The Hall–Kier alpha value is -3.03. The first-order valence-corrected chi connectivity index (χ1v) is 8.97. The quantitative estimate of drug-likeness (QED) is 0.491. The SMILES string of the molecule is CO.COc1ccc(N=Cc2ccc(Sc3nc4ccccc4[nH]3)o2)cc1. The Morgan fingerprint density at radius 2 is 1.85 bits per heavy atom. The predicted molar refractivity (Wildman–Crippen MR) is 107 cm³/mol. The molecular weight excluding hydrogens is 362 g/mol. The van der Waals surface area contributed by atoms with Crippen LogP contribution in [0.4, 0.5) is 5.69 Å². The summed E-state index contributed by atoms with van der Waals surface area (Å²) in [6.45, 7) is 0. The molecule has 7 heteroatoms. The molecule has 0 aliphatic heterocycles. The van der Waals surface area contributed by atoms with Crippen LogP contribution in [-0.4, -0.2) is 35.5 Å². The summed E-state index contributed by atoms with van der Waals surface area (Å²) in [7, 11) is 2.64. The molecule has 0 fully saturated rings. The topological polar surface area (TPSA) is 83.6 Å². The smallest absolute Gasteiger partial charge is 0.174 e. The van der Waals surface area contributed by atoms with Gasteiger partial charge in [-0.1, -0.05) is 12.1 Å². The van der Waals surface area contributed by atoms with Crippen molar-refractivity contribution in [1.82, 2.24) is 9.97 Å². The summed E-state index contributed by atoms with van der Waals surface area (Å²) < 4.78 is 10.9. The largest absolute Gasteiger partial charge is 0.497 e. The fourth-order valence-electron chi connectivity index (χ4n) is 2.34. The Bertz CT molecular complexity index is 989. The van der Waals surface area contributed by atoms with Gasteiger partial charge in [0.2, 0.25) is 0 Å². The lowest BCUT2D eigenvalue weighted by atomic mass is 10.3. The van der Waals surface area contributed by atoms with Crippen molar-refractivity contribution in [3.8, 4) is 5.75 Å². The third-order valence-corrected chi connectivity index (χ3v) is 4.39. The minimum atomic E-state index is 0.689. The molecule has 2 aromatic heterocycles. The Balaban J connectivity index is 0.00000102. The van der Waals surface area contributed by atoms with Gasteiger partial charge < -0.3 is 19.2 Å². The number of aromatic amines is 1. The Kier molecular flexibility index (Phi) is 6.30. The van der Waals surface area contributed by atoms with E-state index in [0.29, 0.717) is 5.76 Å². The fraction of sp³-hybridized carbons (Fsp3) is 0.100. The normalized spacial score (nSPS) is 10.8. The summed E-state index contributed by atoms with van der Waals surface area (Å²) in [6.07, 6.45) is 1.70. The highest BCUT2D eigenvalue weighted by Gasteiger charge is 2.07. The highest BCUT2D eigenvalue weighted by molar-refractivity contribution is 7.99. The van der Waals surface area contributed by atoms with E-state index in [2.05, 4.69) is 15.0 Å². The number of furan rings is 1. The molecule has 0 aliphatic carbocycles. The number of aliphatic imine (C=N–C) groups is 1. The fourth-order valence-corrected chi connectivity index (χ4v) is 3.11. The molecule has 4 aromatic rings. The van der Waals surface area contributed by atoms with E-state index < -0.39 is 0 Å². The number of imidazole rings is 1. The molecule has 0 bridgehead atoms. The van der Waals surface area contributed by atoms with E-state index in [-0.39, 0.29) is 0 Å². The number of benzene rings is 2. The third kappa shape index (κ3) is 4.78. The third-order valence-electron chi connectivity index (χ3n) is 3.58. The first-order chi connectivity index (χ1) is 13.3. The average molecular weight is 381 g/mol. The van der Waals surface area contributed by atoms with Crippen LogP contribution < -0.4 is 4.74 Å². The standard InChI is InChI=1S/C19H15N3O2S.CH4O/c1-23-14-8-6-13(7-9-14)20-12-15-10-11-18(24-15)25-19-21-16-4-2-3-5-17(16)22-19;1-2/h2-12H,1H3,(H,21,22);2H,1H3. The number of rotatable bonds is 5. The molecule has 6 nitrogen and oxygen atoms in total. The van der Waals surface area contributed by atoms with Crippen molar-refractivity contribution in [2.24, 2.45) is 4.99 Å². The zero-order valence-electron chi connectivity index (χ0n) is 14.9. The minimum Gasteiger partial charge on any atom is -0.497 e. The van der Waals surface area contributed by atoms with Crippen molar-refractivity contribution in [3.05, 3.63) is 66.4 Å². The molecule has 0 saturated heterocycles. The van der Waals surface area contributed by atoms with Crippen molar-refractivity contribution in [1.29, 1.82) is 0 Å². The van der Waals surface area contributed by atoms with Crippen molar-refractivity contribution >= 4 is 34.7 Å². The molecule has 138 valence electrons. The van der Waals surface area contributed by atoms with Crippen LogP contribution in [0.25, 0.3) is 11.0 Å². The van der Waals surface area contributed by atoms with Gasteiger partial charge in [0.25, 0.3) is 0 Å². The van der Waals surface area contributed by atoms with E-state index in [1.807, 2.05) is 60.7 Å². The second kappa shape index (κ2) is 9.07. The van der Waals surface area contributed by atoms with Crippen LogP contribution in [0.15, 0.2) is 80.3 Å². The van der Waals surface area contributed by atoms with Gasteiger partial charge in [0.15, 0.2) is 10.2 Å². The van der Waals surface area contributed by atoms with Gasteiger partial charge in [-0.15, -0.1) is 0 Å². The van der Waals surface area contributed by atoms with Crippen LogP contribution in [0, 0.1) is 0 Å². The van der Waals surface area contributed by atoms with E-state index in [9.17, 15) is 0 Å². The highest BCUT2D eigenvalue weighted by atomic mass is 32.2. The summed E-state index contributed by atoms with van der Waals surface area (Å²) in [5.74, 6) is 1.50. The Morgan fingerprint density at radius 1 is 1.07 bits per heavy atom. The molecular formula is C20H19N3O3S. The number of para-hydroxylation sites is 2. The number of hydrogen-bond acceptors (Lipinski definition) is 6. The molecule has 0 radical (unpaired) electrons. The Labute approximate surface area is 160 Å². The summed E-state index contributed by atoms with van der Waals surface area (Å²) in [5, 5.41) is 8.56. The molecule has 0 aliphatic rings. The number of nitrogens with zero attached hydrogens (tertiary/aromatic N) is 2. The van der Waals surface area contributed by atoms with Gasteiger partial charge in [0.05, 0.1) is 30.0 Å². The number of hydrogen-bond donors (Lipinski definition) is 2. The van der Waals surface area contributed by atoms with Crippen molar-refractivity contribution in [2.75, 3.05) is 14.2 Å². The van der Waals surface area contributed by atoms with Crippen LogP contribution >= 0.6 is 11.8 Å². The number of H-pyrrole nitrogens is 1. The molecule has 2 N–H and O–H groups in total. The van der Waals surface area contributed by atoms with Gasteiger partial charge in [0.1, 0.15) is 11.5 Å². The number of methoxy groups -OCH3 is 1. The van der Waals surface area contributed by atoms with Gasteiger partial charge >= 0.3 is 0 Å². The highest BCUT2D eigenvalue weighted by Crippen LogP contribution is 2.28. The molecule has 0 amide bonds. The zero-order chi connectivity index (χ0) is 19.1. The first kappa shape index (κ1) is 18.8. The van der Waals surface area contributed by atoms with E-state index in [4.69, 9.17) is 14.3 Å². The molecule has 27 heavy (non-hydrogen) atoms. The van der Waals surface area contributed by atoms with Crippen LogP contribution in [0.1, 0.15) is 5.76 Å². The van der Waals surface area contributed by atoms with E-state index in [1.165, 1.54) is 11.8 Å². The van der Waals surface area contributed by atoms with Crippen LogP contribution in [0.3, 0.4) is 0 Å². The van der Waals surface area contributed by atoms with E-state index in [0.717, 1.165) is 39.8 Å². The van der Waals surface area contributed by atoms with Gasteiger partial charge in [-0.25, -0.2) is 4.98 Å². The van der Waals surface area contributed by atoms with E-state index >= 15 is 0 Å². The number of fused-ring (bicyclic) bond motifs is 1. The molecule has 0 saturated carbocycles. The molecule has 2 aromatic carbocycles. The monoisotopic (exact) mass is 381 g/mol. The number of ether oxygens (including phenoxy) is 1. The van der Waals surface area contributed by atoms with Crippen molar-refractivity contribution in [2.45, 2.75) is 10.2 Å². The van der Waals surface area contributed by atoms with Gasteiger partial charge in [0, 0.05) is 7.11 Å². The lowest BCUT2D eigenvalue weighted by Gasteiger charge is -1.98. The van der Waals surface area contributed by atoms with Gasteiger partial charge in [-0.05, 0) is 60.3 Å². The second-order valence-electron chi connectivity index (χ2n) is 5.27. The maximum absolute atomic E-state index is 7.00. The molecule has 4 rings (SSSR count). The minimum absolute atomic E-state index is 0.689. The molecule has 2 heterocycles. The van der Waals surface area contributed by atoms with Gasteiger partial charge in [-0.2, -0.15) is 0 Å². The Morgan fingerprint density at radius 3 is 2.59 bits per heavy atom. The zero-order valence-corrected chi connectivity index (χ0v) is 15.7. The van der Waals surface area contributed by atoms with Crippen LogP contribution in [0.5, 0.6) is 5.75 Å². The van der Waals surface area contributed by atoms with Crippen molar-refractivity contribution < 1.29 is 14.3 Å². The van der Waals surface area contributed by atoms with Gasteiger partial charge in [-0.3, -0.25) is 4.99 Å². The summed E-state index contributed by atoms with van der Waals surface area (Å²) >= 11 is 1.45. The maximum Gasteiger partial charge on any atom is 0.174 e. The lowest BCUT2D eigenvalue weighted by Crippen LogP contribution is -1.80. The maximum atomic E-state index is 7.00.